The van der Waals surface area contributed by atoms with Crippen molar-refractivity contribution in [2.75, 3.05) is 79.9 Å². The number of ether oxygens (including phenoxy) is 1. The van der Waals surface area contributed by atoms with Gasteiger partial charge in [0, 0.05) is 99.7 Å². The van der Waals surface area contributed by atoms with Gasteiger partial charge < -0.3 is 25.2 Å². The summed E-state index contributed by atoms with van der Waals surface area (Å²) in [7, 11) is 2.09. The summed E-state index contributed by atoms with van der Waals surface area (Å²) in [4.78, 5) is 72.3. The number of nitrogens with zero attached hydrogens (tertiary/aromatic N) is 7. The minimum absolute atomic E-state index is 0.0917. The molecule has 2 saturated heterocycles. The van der Waals surface area contributed by atoms with Crippen molar-refractivity contribution < 1.29 is 23.9 Å². The lowest BCUT2D eigenvalue weighted by Crippen LogP contribution is -2.54. The minimum Gasteiger partial charge on any atom is -0.474 e. The van der Waals surface area contributed by atoms with Crippen molar-refractivity contribution in [1.29, 1.82) is 0 Å². The lowest BCUT2D eigenvalue weighted by Gasteiger charge is -2.37. The Kier molecular flexibility index (Phi) is 9.36. The number of carbonyl (C=O) groups is 4. The van der Waals surface area contributed by atoms with Crippen molar-refractivity contribution in [2.24, 2.45) is 0 Å². The Hall–Kier alpha value is -6.61. The summed E-state index contributed by atoms with van der Waals surface area (Å²) in [6, 6.07) is 18.7. The van der Waals surface area contributed by atoms with E-state index in [1.807, 2.05) is 36.7 Å². The number of piperidine rings is 1. The third-order valence-electron chi connectivity index (χ3n) is 11.3. The number of hydrogen-bond donors (Lipinski definition) is 3. The van der Waals surface area contributed by atoms with Crippen LogP contribution in [-0.2, 0) is 9.59 Å². The average molecular weight is 767 g/mol. The first kappa shape index (κ1) is 36.1. The number of fused-ring (bicyclic) bond motifs is 3. The highest BCUT2D eigenvalue weighted by Crippen LogP contribution is 2.36. The fraction of sp³-hybridized carbons (Fsp3) is 0.310. The topological polar surface area (TPSA) is 165 Å². The van der Waals surface area contributed by atoms with E-state index < -0.39 is 29.7 Å². The summed E-state index contributed by atoms with van der Waals surface area (Å²) in [5, 5.41) is 9.96. The predicted octanol–water partition coefficient (Wildman–Crippen LogP) is 4.21. The maximum Gasteiger partial charge on any atom is 0.262 e. The predicted molar refractivity (Wildman–Crippen MR) is 216 cm³/mol. The van der Waals surface area contributed by atoms with E-state index in [1.165, 1.54) is 0 Å². The van der Waals surface area contributed by atoms with Crippen molar-refractivity contribution >= 4 is 63.2 Å². The number of rotatable bonds is 9. The van der Waals surface area contributed by atoms with Gasteiger partial charge in [0.05, 0.1) is 16.6 Å². The Morgan fingerprint density at radius 3 is 2.51 bits per heavy atom. The van der Waals surface area contributed by atoms with Gasteiger partial charge in [-0.15, -0.1) is 0 Å². The number of aromatic nitrogens is 3. The zero-order chi connectivity index (χ0) is 39.2. The molecule has 57 heavy (non-hydrogen) atoms. The normalized spacial score (nSPS) is 18.2. The Labute approximate surface area is 329 Å². The summed E-state index contributed by atoms with van der Waals surface area (Å²) < 4.78 is 5.71. The quantitative estimate of drug-likeness (QED) is 0.183. The van der Waals surface area contributed by atoms with Crippen LogP contribution in [0.25, 0.3) is 22.0 Å². The van der Waals surface area contributed by atoms with Crippen molar-refractivity contribution in [3.05, 3.63) is 89.7 Å². The number of piperazine rings is 1. The number of pyridine rings is 1. The first-order valence-corrected chi connectivity index (χ1v) is 19.2. The molecule has 5 aromatic rings. The van der Waals surface area contributed by atoms with Gasteiger partial charge in [-0.05, 0) is 73.0 Å². The Morgan fingerprint density at radius 2 is 1.70 bits per heavy atom. The highest BCUT2D eigenvalue weighted by molar-refractivity contribution is 6.23. The molecule has 0 saturated carbocycles. The van der Waals surface area contributed by atoms with Crippen LogP contribution in [0.5, 0.6) is 5.88 Å². The molecule has 15 nitrogen and oxygen atoms in total. The SMILES string of the molecule is Cc1c(-c2ccc3cnc(Nc4ccc(N(C)CCN5CCN(c6ccc7c(c6)C(=O)N(C6CCC(=O)NC6=O)C7=O)CC5)cc4)nc3c2)cnc2c1NCCO2. The van der Waals surface area contributed by atoms with E-state index in [0.717, 1.165) is 101 Å². The van der Waals surface area contributed by atoms with E-state index in [9.17, 15) is 19.2 Å². The van der Waals surface area contributed by atoms with Gasteiger partial charge in [0.1, 0.15) is 18.3 Å². The summed E-state index contributed by atoms with van der Waals surface area (Å²) >= 11 is 0. The molecule has 0 aliphatic carbocycles. The zero-order valence-electron chi connectivity index (χ0n) is 31.7. The van der Waals surface area contributed by atoms with Crippen molar-refractivity contribution in [2.45, 2.75) is 25.8 Å². The molecule has 0 spiro atoms. The van der Waals surface area contributed by atoms with Crippen LogP contribution in [0.1, 0.15) is 39.1 Å². The third kappa shape index (κ3) is 6.94. The fourth-order valence-corrected chi connectivity index (χ4v) is 8.00. The molecule has 1 unspecified atom stereocenters. The molecule has 0 radical (unpaired) electrons. The van der Waals surface area contributed by atoms with Crippen LogP contribution < -0.4 is 30.5 Å². The van der Waals surface area contributed by atoms with E-state index in [4.69, 9.17) is 9.72 Å². The number of carbonyl (C=O) groups excluding carboxylic acids is 4. The average Bonchev–Trinajstić information content (AvgIpc) is 3.48. The molecule has 0 bridgehead atoms. The van der Waals surface area contributed by atoms with Gasteiger partial charge in [0.25, 0.3) is 11.8 Å². The largest absolute Gasteiger partial charge is 0.474 e. The summed E-state index contributed by atoms with van der Waals surface area (Å²) in [5.41, 5.74) is 8.37. The van der Waals surface area contributed by atoms with Crippen LogP contribution >= 0.6 is 0 Å². The van der Waals surface area contributed by atoms with Gasteiger partial charge in [-0.3, -0.25) is 34.3 Å². The highest BCUT2D eigenvalue weighted by Gasteiger charge is 2.44. The molecule has 4 aliphatic rings. The molecule has 3 aromatic carbocycles. The minimum atomic E-state index is -0.974. The molecule has 4 amide bonds. The van der Waals surface area contributed by atoms with Crippen LogP contribution in [0.3, 0.4) is 0 Å². The summed E-state index contributed by atoms with van der Waals surface area (Å²) in [5.74, 6) is -0.821. The van der Waals surface area contributed by atoms with Gasteiger partial charge >= 0.3 is 0 Å². The first-order valence-electron chi connectivity index (χ1n) is 19.2. The molecule has 2 fully saturated rings. The Morgan fingerprint density at radius 1 is 0.895 bits per heavy atom. The maximum atomic E-state index is 13.3. The van der Waals surface area contributed by atoms with Crippen LogP contribution in [0.4, 0.5) is 28.7 Å². The number of nitrogens with one attached hydrogen (secondary N) is 3. The van der Waals surface area contributed by atoms with Gasteiger partial charge in [-0.2, -0.15) is 0 Å². The molecule has 6 heterocycles. The molecule has 9 rings (SSSR count). The molecule has 1 atom stereocenters. The van der Waals surface area contributed by atoms with Crippen molar-refractivity contribution in [1.82, 2.24) is 30.1 Å². The number of hydrogen-bond acceptors (Lipinski definition) is 13. The lowest BCUT2D eigenvalue weighted by molar-refractivity contribution is -0.136. The molecule has 290 valence electrons. The van der Waals surface area contributed by atoms with Gasteiger partial charge in [-0.25, -0.2) is 15.0 Å². The van der Waals surface area contributed by atoms with E-state index in [-0.39, 0.29) is 12.8 Å². The second kappa shape index (κ2) is 14.8. The molecule has 4 aliphatic heterocycles. The number of anilines is 5. The monoisotopic (exact) mass is 766 g/mol. The first-order chi connectivity index (χ1) is 27.7. The molecular weight excluding hydrogens is 725 g/mol. The standard InChI is InChI=1S/C42H42N10O5/c1-25-33(24-44-39-37(25)43-13-20-57-39)26-3-4-27-23-45-42(47-34(27)21-26)46-28-5-7-29(8-6-28)49(2)14-15-50-16-18-51(19-17-50)30-9-10-31-32(22-30)41(56)52(40(31)55)35-11-12-36(53)48-38(35)54/h3-10,21-24,35,43H,11-20H2,1-2H3,(H,45,46,47)(H,48,53,54). The van der Waals surface area contributed by atoms with Crippen LogP contribution in [0, 0.1) is 6.92 Å². The zero-order valence-corrected chi connectivity index (χ0v) is 31.7. The summed E-state index contributed by atoms with van der Waals surface area (Å²) in [6.45, 7) is 8.43. The highest BCUT2D eigenvalue weighted by atomic mass is 16.5. The second-order valence-electron chi connectivity index (χ2n) is 14.8. The third-order valence-corrected chi connectivity index (χ3v) is 11.3. The fourth-order valence-electron chi connectivity index (χ4n) is 8.00. The number of likely N-dealkylation sites (N-methyl/N-ethyl adjacent to an activating group) is 1. The smallest absolute Gasteiger partial charge is 0.262 e. The van der Waals surface area contributed by atoms with Crippen LogP contribution in [-0.4, -0.2) is 114 Å². The van der Waals surface area contributed by atoms with Gasteiger partial charge in [0.2, 0.25) is 23.6 Å². The Balaban J connectivity index is 0.777. The maximum absolute atomic E-state index is 13.3. The summed E-state index contributed by atoms with van der Waals surface area (Å²) in [6.07, 6.45) is 3.92. The van der Waals surface area contributed by atoms with E-state index in [1.54, 1.807) is 12.1 Å². The Bertz CT molecular complexity index is 2430. The number of imide groups is 2. The number of benzene rings is 3. The molecule has 2 aromatic heterocycles. The van der Waals surface area contributed by atoms with Crippen LogP contribution in [0.2, 0.25) is 0 Å². The second-order valence-corrected chi connectivity index (χ2v) is 14.8. The molecule has 15 heteroatoms. The van der Waals surface area contributed by atoms with E-state index in [0.29, 0.717) is 29.6 Å². The van der Waals surface area contributed by atoms with E-state index >= 15 is 0 Å². The number of amides is 4. The van der Waals surface area contributed by atoms with Gasteiger partial charge in [0.15, 0.2) is 0 Å². The van der Waals surface area contributed by atoms with Crippen molar-refractivity contribution in [3.63, 3.8) is 0 Å². The van der Waals surface area contributed by atoms with Crippen LogP contribution in [0.15, 0.2) is 73.1 Å². The molecule has 3 N–H and O–H groups in total. The van der Waals surface area contributed by atoms with E-state index in [2.05, 4.69) is 78.9 Å². The van der Waals surface area contributed by atoms with Crippen molar-refractivity contribution in [3.8, 4) is 17.0 Å². The van der Waals surface area contributed by atoms with Gasteiger partial charge in [-0.1, -0.05) is 12.1 Å². The lowest BCUT2D eigenvalue weighted by atomic mass is 10.00. The molecular formula is C42H42N10O5.